The van der Waals surface area contributed by atoms with Gasteiger partial charge in [0.15, 0.2) is 0 Å². The molecule has 0 saturated carbocycles. The molecule has 0 radical (unpaired) electrons. The van der Waals surface area contributed by atoms with Crippen molar-refractivity contribution >= 4 is 74.1 Å². The molecule has 0 fully saturated rings. The van der Waals surface area contributed by atoms with Gasteiger partial charge in [-0.1, -0.05) is 243 Å². The Morgan fingerprint density at radius 1 is 0.230 bits per heavy atom. The van der Waals surface area contributed by atoms with Crippen molar-refractivity contribution < 1.29 is 18.0 Å². The van der Waals surface area contributed by atoms with Crippen LogP contribution in [-0.2, 0) is 18.0 Å². The maximum atomic E-state index is 2.30. The summed E-state index contributed by atoms with van der Waals surface area (Å²) in [6.45, 7) is 0. The monoisotopic (exact) mass is 960 g/mol. The van der Waals surface area contributed by atoms with E-state index in [4.69, 9.17) is 0 Å². The minimum absolute atomic E-state index is 0.309. The molecule has 0 atom stereocenters. The van der Waals surface area contributed by atoms with Crippen LogP contribution >= 0.6 is 31.7 Å². The minimum Gasteiger partial charge on any atom is -0.0622 e. The van der Waals surface area contributed by atoms with Crippen LogP contribution in [0.5, 0.6) is 0 Å². The second-order valence-corrected chi connectivity index (χ2v) is 25.2. The summed E-state index contributed by atoms with van der Waals surface area (Å²) in [7, 11) is -1.24. The molecule has 0 unspecified atom stereocenters. The zero-order valence-corrected chi connectivity index (χ0v) is 40.6. The SMILES string of the molecule is [CH3][Pd][CH3].c1ccc(P(CCCP(c2ccccc2)c2ccccc2)c2ccccc2)cc1.c1ccc(P(CCCP(c2ccccc2)c2ccccc2)c2ccccc2)cc1. The zero-order valence-electron chi connectivity index (χ0n) is 35.4. The van der Waals surface area contributed by atoms with E-state index in [0.29, 0.717) is 0 Å². The molecule has 0 heterocycles. The topological polar surface area (TPSA) is 0 Å². The Hall–Kier alpha value is -3.86. The van der Waals surface area contributed by atoms with E-state index in [1.54, 1.807) is 0 Å². The second kappa shape index (κ2) is 27.3. The fourth-order valence-electron chi connectivity index (χ4n) is 7.27. The summed E-state index contributed by atoms with van der Waals surface area (Å²) in [5.41, 5.74) is 0. The summed E-state index contributed by atoms with van der Waals surface area (Å²) in [5.74, 6) is 0. The normalized spacial score (nSPS) is 10.9. The summed E-state index contributed by atoms with van der Waals surface area (Å²) in [6.07, 6.45) is 7.43. The zero-order chi connectivity index (χ0) is 42.2. The Kier molecular flexibility index (Phi) is 20.8. The van der Waals surface area contributed by atoms with Crippen LogP contribution < -0.4 is 42.4 Å². The van der Waals surface area contributed by atoms with Crippen LogP contribution in [0.2, 0.25) is 10.8 Å². The van der Waals surface area contributed by atoms with Gasteiger partial charge < -0.3 is 0 Å². The van der Waals surface area contributed by atoms with Gasteiger partial charge in [-0.2, -0.15) is 0 Å². The molecule has 0 spiro atoms. The van der Waals surface area contributed by atoms with Crippen LogP contribution in [0, 0.1) is 0 Å². The first-order chi connectivity index (χ1) is 30.2. The number of rotatable bonds is 16. The third-order valence-corrected chi connectivity index (χ3v) is 20.5. The summed E-state index contributed by atoms with van der Waals surface area (Å²) in [6, 6.07) is 88.6. The largest absolute Gasteiger partial charge is 0.0622 e. The third kappa shape index (κ3) is 15.2. The molecule has 8 aromatic rings. The molecule has 0 aliphatic rings. The summed E-state index contributed by atoms with van der Waals surface area (Å²) in [4.78, 5) is 0. The van der Waals surface area contributed by atoms with Crippen LogP contribution in [0.3, 0.4) is 0 Å². The van der Waals surface area contributed by atoms with E-state index in [0.717, 1.165) is 18.0 Å². The van der Waals surface area contributed by atoms with Crippen molar-refractivity contribution in [3.63, 3.8) is 0 Å². The first kappa shape index (κ1) is 46.6. The molecule has 8 aromatic carbocycles. The maximum absolute atomic E-state index is 2.30. The molecular weight excluding hydrogens is 903 g/mol. The molecule has 0 N–H and O–H groups in total. The van der Waals surface area contributed by atoms with Crippen molar-refractivity contribution in [2.24, 2.45) is 0 Å². The third-order valence-electron chi connectivity index (χ3n) is 10.1. The van der Waals surface area contributed by atoms with Crippen molar-refractivity contribution in [1.29, 1.82) is 0 Å². The van der Waals surface area contributed by atoms with Gasteiger partial charge in [0.05, 0.1) is 0 Å². The van der Waals surface area contributed by atoms with E-state index >= 15 is 0 Å². The van der Waals surface area contributed by atoms with Gasteiger partial charge in [0, 0.05) is 0 Å². The van der Waals surface area contributed by atoms with Crippen molar-refractivity contribution in [3.8, 4) is 0 Å². The van der Waals surface area contributed by atoms with Gasteiger partial charge >= 0.3 is 28.8 Å². The maximum Gasteiger partial charge on any atom is -0.0195 e. The van der Waals surface area contributed by atoms with Crippen LogP contribution in [-0.4, -0.2) is 24.6 Å². The van der Waals surface area contributed by atoms with Gasteiger partial charge in [-0.15, -0.1) is 0 Å². The van der Waals surface area contributed by atoms with Crippen molar-refractivity contribution in [2.75, 3.05) is 24.6 Å². The molecular formula is C56H58P4Pd. The fraction of sp³-hybridized carbons (Fsp3) is 0.143. The quantitative estimate of drug-likeness (QED) is 0.0669. The average molecular weight is 961 g/mol. The molecule has 312 valence electrons. The standard InChI is InChI=1S/2C27H26P2.2CH3.Pd/c2*1-5-14-24(15-6-1)28(25-16-7-2-8-17-25)22-13-23-29(26-18-9-3-10-19-26)27-20-11-4-12-21-27;;;/h2*1-12,14-21H,13,22-23H2;2*1H3;. The first-order valence-electron chi connectivity index (χ1n) is 21.0. The molecule has 0 nitrogen and oxygen atoms in total. The average Bonchev–Trinajstić information content (AvgIpc) is 3.34. The molecule has 0 amide bonds. The van der Waals surface area contributed by atoms with Crippen molar-refractivity contribution in [3.05, 3.63) is 243 Å². The summed E-state index contributed by atoms with van der Waals surface area (Å²) < 4.78 is 0. The first-order valence-corrected chi connectivity index (χ1v) is 30.2. The second-order valence-electron chi connectivity index (χ2n) is 14.3. The Labute approximate surface area is 380 Å². The predicted molar refractivity (Wildman–Crippen MR) is 277 cm³/mol. The van der Waals surface area contributed by atoms with E-state index in [1.165, 1.54) is 79.9 Å². The smallest absolute Gasteiger partial charge is 0.0195 e. The minimum atomic E-state index is -0.309. The summed E-state index contributed by atoms with van der Waals surface area (Å²) in [5, 5.41) is 16.2. The van der Waals surface area contributed by atoms with E-state index in [2.05, 4.69) is 253 Å². The Bertz CT molecular complexity index is 1810. The van der Waals surface area contributed by atoms with Gasteiger partial charge in [0.2, 0.25) is 0 Å². The van der Waals surface area contributed by atoms with E-state index in [-0.39, 0.29) is 31.7 Å². The van der Waals surface area contributed by atoms with Crippen molar-refractivity contribution in [2.45, 2.75) is 23.6 Å². The summed E-state index contributed by atoms with van der Waals surface area (Å²) >= 11 is 0.950. The Morgan fingerprint density at radius 3 is 0.459 bits per heavy atom. The van der Waals surface area contributed by atoms with Crippen LogP contribution in [0.15, 0.2) is 243 Å². The van der Waals surface area contributed by atoms with E-state index in [1.807, 2.05) is 0 Å². The van der Waals surface area contributed by atoms with Crippen LogP contribution in [0.25, 0.3) is 0 Å². The number of hydrogen-bond donors (Lipinski definition) is 0. The van der Waals surface area contributed by atoms with E-state index < -0.39 is 0 Å². The molecule has 0 aromatic heterocycles. The van der Waals surface area contributed by atoms with Crippen LogP contribution in [0.4, 0.5) is 0 Å². The van der Waals surface area contributed by atoms with Crippen molar-refractivity contribution in [1.82, 2.24) is 0 Å². The molecule has 0 aliphatic heterocycles. The molecule has 0 bridgehead atoms. The molecule has 5 heteroatoms. The Morgan fingerprint density at radius 2 is 0.344 bits per heavy atom. The molecule has 8 rings (SSSR count). The van der Waals surface area contributed by atoms with Gasteiger partial charge in [-0.25, -0.2) is 0 Å². The van der Waals surface area contributed by atoms with Gasteiger partial charge in [-0.3, -0.25) is 0 Å². The van der Waals surface area contributed by atoms with Gasteiger partial charge in [0.1, 0.15) is 0 Å². The number of hydrogen-bond acceptors (Lipinski definition) is 0. The molecule has 0 saturated heterocycles. The number of benzene rings is 8. The molecule has 61 heavy (non-hydrogen) atoms. The van der Waals surface area contributed by atoms with E-state index in [9.17, 15) is 0 Å². The molecule has 0 aliphatic carbocycles. The van der Waals surface area contributed by atoms with Crippen LogP contribution in [0.1, 0.15) is 12.8 Å². The fourth-order valence-corrected chi connectivity index (χ4v) is 17.2. The Balaban J connectivity index is 0.000000192. The van der Waals surface area contributed by atoms with Gasteiger partial charge in [-0.05, 0) is 112 Å². The van der Waals surface area contributed by atoms with Gasteiger partial charge in [0.25, 0.3) is 0 Å². The predicted octanol–water partition coefficient (Wildman–Crippen LogP) is 12.4.